The highest BCUT2D eigenvalue weighted by atomic mass is 35.5. The van der Waals surface area contributed by atoms with Crippen molar-refractivity contribution in [3.8, 4) is 0 Å². The number of carbonyl (C=O) groups is 2. The number of halogens is 2. The van der Waals surface area contributed by atoms with Crippen molar-refractivity contribution in [2.45, 2.75) is 25.7 Å². The van der Waals surface area contributed by atoms with Gasteiger partial charge in [-0.3, -0.25) is 9.59 Å². The Balaban J connectivity index is 0.00000225. The van der Waals surface area contributed by atoms with E-state index in [-0.39, 0.29) is 36.6 Å². The molecule has 2 aliphatic carbocycles. The van der Waals surface area contributed by atoms with Crippen molar-refractivity contribution in [3.63, 3.8) is 0 Å². The molecule has 166 valence electrons. The Morgan fingerprint density at radius 3 is 1.37 bits per heavy atom. The lowest BCUT2D eigenvalue weighted by atomic mass is 10.0. The SMILES string of the molecule is C[NH+](C)CC1CC/C(=C\c2ccc(/C=C3\CCC(C[NH+](C)C)C3=O)cc2)C1=O.[Cl-].[Cl-]. The van der Waals surface area contributed by atoms with Gasteiger partial charge >= 0.3 is 0 Å². The van der Waals surface area contributed by atoms with Crippen molar-refractivity contribution in [1.29, 1.82) is 0 Å². The first kappa shape index (κ1) is 26.6. The van der Waals surface area contributed by atoms with Crippen LogP contribution in [0.15, 0.2) is 35.4 Å². The summed E-state index contributed by atoms with van der Waals surface area (Å²) in [7, 11) is 8.39. The van der Waals surface area contributed by atoms with Gasteiger partial charge in [0.1, 0.15) is 0 Å². The van der Waals surface area contributed by atoms with Crippen molar-refractivity contribution in [2.75, 3.05) is 41.3 Å². The van der Waals surface area contributed by atoms with E-state index in [1.807, 2.05) is 12.2 Å². The summed E-state index contributed by atoms with van der Waals surface area (Å²) >= 11 is 0. The maximum atomic E-state index is 12.6. The van der Waals surface area contributed by atoms with Crippen molar-refractivity contribution in [3.05, 3.63) is 46.5 Å². The third-order valence-electron chi connectivity index (χ3n) is 5.83. The Hall–Kier alpha value is -1.46. The normalized spacial score (nSPS) is 24.1. The molecule has 0 radical (unpaired) electrons. The second-order valence-corrected chi connectivity index (χ2v) is 9.03. The molecule has 2 saturated carbocycles. The highest BCUT2D eigenvalue weighted by molar-refractivity contribution is 6.04. The van der Waals surface area contributed by atoms with Crippen molar-refractivity contribution in [2.24, 2.45) is 11.8 Å². The van der Waals surface area contributed by atoms with Crippen molar-refractivity contribution in [1.82, 2.24) is 0 Å². The zero-order valence-electron chi connectivity index (χ0n) is 18.4. The van der Waals surface area contributed by atoms with E-state index in [0.29, 0.717) is 11.6 Å². The monoisotopic (exact) mass is 452 g/mol. The average molecular weight is 453 g/mol. The Morgan fingerprint density at radius 2 is 1.07 bits per heavy atom. The lowest BCUT2D eigenvalue weighted by Gasteiger charge is -2.11. The molecule has 2 unspecified atom stereocenters. The van der Waals surface area contributed by atoms with Crippen molar-refractivity contribution < 1.29 is 44.2 Å². The molecule has 2 fully saturated rings. The molecule has 3 rings (SSSR count). The largest absolute Gasteiger partial charge is 1.00 e. The first-order chi connectivity index (χ1) is 13.3. The zero-order chi connectivity index (χ0) is 20.3. The maximum absolute atomic E-state index is 12.6. The Morgan fingerprint density at radius 1 is 0.733 bits per heavy atom. The number of nitrogens with one attached hydrogen (secondary N) is 2. The predicted molar refractivity (Wildman–Crippen MR) is 113 cm³/mol. The van der Waals surface area contributed by atoms with Gasteiger partial charge in [0.25, 0.3) is 0 Å². The number of Topliss-reactive ketones (excluding diaryl/α,β-unsaturated/α-hetero) is 2. The van der Waals surface area contributed by atoms with E-state index in [4.69, 9.17) is 0 Å². The first-order valence-electron chi connectivity index (χ1n) is 10.5. The fourth-order valence-electron chi connectivity index (χ4n) is 4.44. The van der Waals surface area contributed by atoms with E-state index in [1.54, 1.807) is 0 Å². The fraction of sp³-hybridized carbons (Fsp3) is 0.500. The molecule has 6 heteroatoms. The van der Waals surface area contributed by atoms with E-state index in [1.165, 1.54) is 9.80 Å². The molecule has 1 aromatic rings. The van der Waals surface area contributed by atoms with Crippen LogP contribution < -0.4 is 34.6 Å². The number of allylic oxidation sites excluding steroid dienone is 2. The van der Waals surface area contributed by atoms with Crippen LogP contribution in [-0.2, 0) is 9.59 Å². The summed E-state index contributed by atoms with van der Waals surface area (Å²) in [6, 6.07) is 8.21. The van der Waals surface area contributed by atoms with Crippen LogP contribution in [0, 0.1) is 11.8 Å². The van der Waals surface area contributed by atoms with Gasteiger partial charge < -0.3 is 34.6 Å². The lowest BCUT2D eigenvalue weighted by Crippen LogP contribution is -3.06. The van der Waals surface area contributed by atoms with Crippen LogP contribution >= 0.6 is 0 Å². The van der Waals surface area contributed by atoms with Crippen molar-refractivity contribution >= 4 is 23.7 Å². The van der Waals surface area contributed by atoms with Crippen LogP contribution in [0.4, 0.5) is 0 Å². The number of carbonyl (C=O) groups excluding carboxylic acids is 2. The smallest absolute Gasteiger partial charge is 0.167 e. The van der Waals surface area contributed by atoms with Gasteiger partial charge in [-0.2, -0.15) is 0 Å². The molecule has 30 heavy (non-hydrogen) atoms. The van der Waals surface area contributed by atoms with Gasteiger partial charge in [-0.15, -0.1) is 0 Å². The summed E-state index contributed by atoms with van der Waals surface area (Å²) < 4.78 is 0. The summed E-state index contributed by atoms with van der Waals surface area (Å²) in [5.41, 5.74) is 4.04. The maximum Gasteiger partial charge on any atom is 0.167 e. The summed E-state index contributed by atoms with van der Waals surface area (Å²) in [6.45, 7) is 1.82. The second-order valence-electron chi connectivity index (χ2n) is 9.03. The van der Waals surface area contributed by atoms with Crippen LogP contribution in [0.5, 0.6) is 0 Å². The minimum Gasteiger partial charge on any atom is -1.00 e. The third kappa shape index (κ3) is 6.78. The van der Waals surface area contributed by atoms with Crippen LogP contribution in [0.25, 0.3) is 12.2 Å². The molecule has 0 bridgehead atoms. The van der Waals surface area contributed by atoms with Gasteiger partial charge in [0.2, 0.25) is 0 Å². The van der Waals surface area contributed by atoms with Gasteiger partial charge in [0, 0.05) is 0 Å². The summed E-state index contributed by atoms with van der Waals surface area (Å²) in [4.78, 5) is 27.8. The molecule has 4 nitrogen and oxygen atoms in total. The van der Waals surface area contributed by atoms with Gasteiger partial charge in [-0.25, -0.2) is 0 Å². The van der Waals surface area contributed by atoms with Gasteiger partial charge in [0.05, 0.1) is 53.1 Å². The molecule has 0 aromatic heterocycles. The predicted octanol–water partition coefficient (Wildman–Crippen LogP) is -5.29. The van der Waals surface area contributed by atoms with E-state index >= 15 is 0 Å². The minimum atomic E-state index is 0. The van der Waals surface area contributed by atoms with E-state index in [2.05, 4.69) is 52.5 Å². The zero-order valence-corrected chi connectivity index (χ0v) is 19.9. The van der Waals surface area contributed by atoms with Gasteiger partial charge in [-0.05, 0) is 60.1 Å². The molecular formula is C24H34Cl2N2O2. The standard InChI is InChI=1S/C24H32N2O2.2ClH/c1-25(2)15-21-11-9-19(23(21)27)13-17-5-7-18(8-6-17)14-20-10-12-22(24(20)28)16-26(3)4;;/h5-8,13-14,21-22H,9-12,15-16H2,1-4H3;2*1H/b19-13+,20-14+;;. The number of quaternary nitrogens is 2. The highest BCUT2D eigenvalue weighted by Crippen LogP contribution is 2.29. The lowest BCUT2D eigenvalue weighted by molar-refractivity contribution is -0.860. The molecule has 0 heterocycles. The molecule has 1 aromatic carbocycles. The summed E-state index contributed by atoms with van der Waals surface area (Å²) in [6.07, 6.45) is 7.79. The Bertz CT molecular complexity index is 731. The molecule has 2 aliphatic rings. The average Bonchev–Trinajstić information content (AvgIpc) is 3.14. The number of hydrogen-bond donors (Lipinski definition) is 2. The van der Waals surface area contributed by atoms with E-state index < -0.39 is 0 Å². The molecule has 0 aliphatic heterocycles. The summed E-state index contributed by atoms with van der Waals surface area (Å²) in [5.74, 6) is 0.979. The molecule has 2 N–H and O–H groups in total. The number of rotatable bonds is 6. The second kappa shape index (κ2) is 11.8. The molecular weight excluding hydrogens is 419 g/mol. The highest BCUT2D eigenvalue weighted by Gasteiger charge is 2.32. The van der Waals surface area contributed by atoms with E-state index in [0.717, 1.165) is 61.0 Å². The van der Waals surface area contributed by atoms with Crippen LogP contribution in [0.3, 0.4) is 0 Å². The fourth-order valence-corrected chi connectivity index (χ4v) is 4.44. The topological polar surface area (TPSA) is 43.0 Å². The molecule has 0 amide bonds. The minimum absolute atomic E-state index is 0. The number of benzene rings is 1. The van der Waals surface area contributed by atoms with Crippen LogP contribution in [-0.4, -0.2) is 52.8 Å². The Kier molecular flexibility index (Phi) is 10.5. The number of ketones is 2. The molecule has 0 spiro atoms. The van der Waals surface area contributed by atoms with Gasteiger partial charge in [0.15, 0.2) is 11.6 Å². The molecule has 0 saturated heterocycles. The summed E-state index contributed by atoms with van der Waals surface area (Å²) in [5, 5.41) is 0. The Labute approximate surface area is 193 Å². The van der Waals surface area contributed by atoms with E-state index in [9.17, 15) is 9.59 Å². The van der Waals surface area contributed by atoms with Crippen LogP contribution in [0.2, 0.25) is 0 Å². The number of hydrogen-bond acceptors (Lipinski definition) is 2. The van der Waals surface area contributed by atoms with Gasteiger partial charge in [-0.1, -0.05) is 24.3 Å². The molecule has 2 atom stereocenters. The van der Waals surface area contributed by atoms with Crippen LogP contribution in [0.1, 0.15) is 36.8 Å². The third-order valence-corrected chi connectivity index (χ3v) is 5.83. The first-order valence-corrected chi connectivity index (χ1v) is 10.5. The quantitative estimate of drug-likeness (QED) is 0.423.